The second kappa shape index (κ2) is 5.63. The van der Waals surface area contributed by atoms with E-state index < -0.39 is 0 Å². The van der Waals surface area contributed by atoms with Crippen molar-refractivity contribution in [2.45, 2.75) is 6.10 Å². The van der Waals surface area contributed by atoms with Crippen LogP contribution < -0.4 is 4.90 Å². The molecule has 112 valence electrons. The normalized spacial score (nSPS) is 18.8. The molecule has 1 fully saturated rings. The zero-order chi connectivity index (χ0) is 14.9. The number of furan rings is 1. The summed E-state index contributed by atoms with van der Waals surface area (Å²) < 4.78 is 11.3. The van der Waals surface area contributed by atoms with Crippen LogP contribution in [0.1, 0.15) is 11.9 Å². The van der Waals surface area contributed by atoms with Crippen LogP contribution in [0.3, 0.4) is 0 Å². The van der Waals surface area contributed by atoms with Crippen molar-refractivity contribution in [1.82, 2.24) is 4.98 Å². The predicted molar refractivity (Wildman–Crippen MR) is 86.4 cm³/mol. The molecule has 1 unspecified atom stereocenters. The lowest BCUT2D eigenvalue weighted by Gasteiger charge is -2.34. The number of fused-ring (bicyclic) bond motifs is 1. The van der Waals surface area contributed by atoms with Crippen LogP contribution >= 0.6 is 11.6 Å². The molecule has 3 heterocycles. The molecule has 0 amide bonds. The Morgan fingerprint density at radius 2 is 2.18 bits per heavy atom. The summed E-state index contributed by atoms with van der Waals surface area (Å²) in [5.41, 5.74) is 2.06. The number of pyridine rings is 1. The fourth-order valence-electron chi connectivity index (χ4n) is 2.90. The fourth-order valence-corrected chi connectivity index (χ4v) is 3.06. The molecule has 22 heavy (non-hydrogen) atoms. The molecule has 1 aromatic carbocycles. The van der Waals surface area contributed by atoms with Crippen LogP contribution in [-0.2, 0) is 4.74 Å². The van der Waals surface area contributed by atoms with Crippen molar-refractivity contribution in [2.24, 2.45) is 0 Å². The molecule has 0 aliphatic carbocycles. The van der Waals surface area contributed by atoms with Crippen molar-refractivity contribution in [3.8, 4) is 0 Å². The maximum atomic E-state index is 6.06. The van der Waals surface area contributed by atoms with Gasteiger partial charge in [-0.05, 0) is 36.4 Å². The van der Waals surface area contributed by atoms with E-state index in [-0.39, 0.29) is 6.10 Å². The lowest BCUT2D eigenvalue weighted by Crippen LogP contribution is -2.38. The van der Waals surface area contributed by atoms with Gasteiger partial charge in [0.05, 0.1) is 24.9 Å². The summed E-state index contributed by atoms with van der Waals surface area (Å²) in [4.78, 5) is 6.72. The number of hydrogen-bond donors (Lipinski definition) is 0. The van der Waals surface area contributed by atoms with Gasteiger partial charge in [0, 0.05) is 28.8 Å². The molecular weight excluding hydrogens is 300 g/mol. The summed E-state index contributed by atoms with van der Waals surface area (Å²) in [5, 5.41) is 1.81. The van der Waals surface area contributed by atoms with Crippen LogP contribution in [0, 0.1) is 0 Å². The van der Waals surface area contributed by atoms with Crippen LogP contribution in [0.5, 0.6) is 0 Å². The van der Waals surface area contributed by atoms with E-state index >= 15 is 0 Å². The van der Waals surface area contributed by atoms with E-state index in [2.05, 4.69) is 9.88 Å². The number of aromatic nitrogens is 1. The van der Waals surface area contributed by atoms with Gasteiger partial charge in [-0.1, -0.05) is 11.6 Å². The minimum atomic E-state index is -0.0423. The van der Waals surface area contributed by atoms with E-state index in [1.165, 1.54) is 0 Å². The highest BCUT2D eigenvalue weighted by molar-refractivity contribution is 6.31. The maximum Gasteiger partial charge on any atom is 0.134 e. The van der Waals surface area contributed by atoms with Crippen LogP contribution in [0.4, 0.5) is 5.69 Å². The van der Waals surface area contributed by atoms with E-state index in [1.54, 1.807) is 6.26 Å². The highest BCUT2D eigenvalue weighted by Gasteiger charge is 2.25. The molecule has 4 rings (SSSR count). The minimum Gasteiger partial charge on any atom is -0.467 e. The molecule has 2 aromatic heterocycles. The standard InChI is InChI=1S/C17H15ClN2O2/c18-12-3-4-13-14(10-12)19-6-5-15(13)20-7-9-22-17(11-20)16-2-1-8-21-16/h1-6,8,10,17H,7,9,11H2. The molecule has 0 saturated carbocycles. The Bertz CT molecular complexity index is 788. The summed E-state index contributed by atoms with van der Waals surface area (Å²) in [6.07, 6.45) is 3.46. The predicted octanol–water partition coefficient (Wildman–Crippen LogP) is 4.06. The van der Waals surface area contributed by atoms with Crippen molar-refractivity contribution >= 4 is 28.2 Å². The number of anilines is 1. The van der Waals surface area contributed by atoms with Gasteiger partial charge in [0.25, 0.3) is 0 Å². The third-order valence-corrected chi connectivity index (χ3v) is 4.18. The van der Waals surface area contributed by atoms with E-state index in [0.29, 0.717) is 11.6 Å². The molecule has 0 bridgehead atoms. The van der Waals surface area contributed by atoms with Crippen molar-refractivity contribution < 1.29 is 9.15 Å². The molecule has 3 aromatic rings. The SMILES string of the molecule is Clc1ccc2c(N3CCOC(c4ccco4)C3)ccnc2c1. The lowest BCUT2D eigenvalue weighted by atomic mass is 10.1. The minimum absolute atomic E-state index is 0.0423. The fraction of sp³-hybridized carbons (Fsp3) is 0.235. The smallest absolute Gasteiger partial charge is 0.134 e. The summed E-state index contributed by atoms with van der Waals surface area (Å²) >= 11 is 6.06. The molecule has 1 aliphatic rings. The van der Waals surface area contributed by atoms with Gasteiger partial charge in [0.15, 0.2) is 0 Å². The van der Waals surface area contributed by atoms with Gasteiger partial charge in [-0.15, -0.1) is 0 Å². The summed E-state index contributed by atoms with van der Waals surface area (Å²) in [5.74, 6) is 0.867. The molecule has 1 saturated heterocycles. The van der Waals surface area contributed by atoms with E-state index in [1.807, 2.05) is 42.6 Å². The number of nitrogens with zero attached hydrogens (tertiary/aromatic N) is 2. The largest absolute Gasteiger partial charge is 0.467 e. The number of ether oxygens (including phenoxy) is 1. The average Bonchev–Trinajstić information content (AvgIpc) is 3.08. The van der Waals surface area contributed by atoms with Crippen molar-refractivity contribution in [3.63, 3.8) is 0 Å². The van der Waals surface area contributed by atoms with Gasteiger partial charge >= 0.3 is 0 Å². The van der Waals surface area contributed by atoms with E-state index in [0.717, 1.165) is 35.4 Å². The molecule has 4 nitrogen and oxygen atoms in total. The monoisotopic (exact) mass is 314 g/mol. The zero-order valence-corrected chi connectivity index (χ0v) is 12.7. The highest BCUT2D eigenvalue weighted by atomic mass is 35.5. The van der Waals surface area contributed by atoms with Gasteiger partial charge in [0.1, 0.15) is 11.9 Å². The number of halogens is 1. The molecule has 1 aliphatic heterocycles. The molecule has 0 spiro atoms. The van der Waals surface area contributed by atoms with E-state index in [9.17, 15) is 0 Å². The Hall–Kier alpha value is -2.04. The van der Waals surface area contributed by atoms with Gasteiger partial charge in [0.2, 0.25) is 0 Å². The molecule has 1 atom stereocenters. The third kappa shape index (κ3) is 2.45. The topological polar surface area (TPSA) is 38.5 Å². The number of rotatable bonds is 2. The second-order valence-corrected chi connectivity index (χ2v) is 5.75. The number of benzene rings is 1. The molecule has 0 N–H and O–H groups in total. The molecular formula is C17H15ClN2O2. The Balaban J connectivity index is 1.69. The third-order valence-electron chi connectivity index (χ3n) is 3.95. The lowest BCUT2D eigenvalue weighted by molar-refractivity contribution is 0.0258. The molecule has 0 radical (unpaired) electrons. The summed E-state index contributed by atoms with van der Waals surface area (Å²) in [6, 6.07) is 11.7. The van der Waals surface area contributed by atoms with Gasteiger partial charge in [-0.3, -0.25) is 4.98 Å². The first-order valence-corrected chi connectivity index (χ1v) is 7.63. The zero-order valence-electron chi connectivity index (χ0n) is 11.9. The first kappa shape index (κ1) is 13.6. The number of morpholine rings is 1. The molecule has 5 heteroatoms. The first-order chi connectivity index (χ1) is 10.8. The van der Waals surface area contributed by atoms with Crippen molar-refractivity contribution in [1.29, 1.82) is 0 Å². The van der Waals surface area contributed by atoms with Crippen LogP contribution in [-0.4, -0.2) is 24.7 Å². The van der Waals surface area contributed by atoms with E-state index in [4.69, 9.17) is 20.8 Å². The van der Waals surface area contributed by atoms with Gasteiger partial charge in [-0.2, -0.15) is 0 Å². The first-order valence-electron chi connectivity index (χ1n) is 7.25. The van der Waals surface area contributed by atoms with Crippen molar-refractivity contribution in [3.05, 3.63) is 59.6 Å². The summed E-state index contributed by atoms with van der Waals surface area (Å²) in [7, 11) is 0. The Kier molecular flexibility index (Phi) is 3.48. The summed E-state index contributed by atoms with van der Waals surface area (Å²) in [6.45, 7) is 2.27. The number of hydrogen-bond acceptors (Lipinski definition) is 4. The van der Waals surface area contributed by atoms with Gasteiger partial charge < -0.3 is 14.1 Å². The van der Waals surface area contributed by atoms with Crippen LogP contribution in [0.15, 0.2) is 53.3 Å². The maximum absolute atomic E-state index is 6.06. The second-order valence-electron chi connectivity index (χ2n) is 5.31. The Morgan fingerprint density at radius 1 is 1.23 bits per heavy atom. The Labute approximate surface area is 133 Å². The van der Waals surface area contributed by atoms with Crippen LogP contribution in [0.2, 0.25) is 5.02 Å². The Morgan fingerprint density at radius 3 is 3.05 bits per heavy atom. The average molecular weight is 315 g/mol. The van der Waals surface area contributed by atoms with Crippen LogP contribution in [0.25, 0.3) is 10.9 Å². The van der Waals surface area contributed by atoms with Crippen molar-refractivity contribution in [2.75, 3.05) is 24.6 Å². The quantitative estimate of drug-likeness (QED) is 0.715. The highest BCUT2D eigenvalue weighted by Crippen LogP contribution is 2.31. The van der Waals surface area contributed by atoms with Gasteiger partial charge in [-0.25, -0.2) is 0 Å².